The Bertz CT molecular complexity index is 756. The maximum absolute atomic E-state index is 11.8. The molecule has 0 aromatic heterocycles. The molecule has 0 aliphatic rings. The molecule has 0 atom stereocenters. The minimum Gasteiger partial charge on any atom is -0.497 e. The summed E-state index contributed by atoms with van der Waals surface area (Å²) >= 11 is 3.35. The van der Waals surface area contributed by atoms with Gasteiger partial charge in [0.05, 0.1) is 12.8 Å². The van der Waals surface area contributed by atoms with Crippen molar-refractivity contribution in [1.82, 2.24) is 5.43 Å². The molecule has 7 heteroatoms. The molecular weight excluding hydrogens is 374 g/mol. The van der Waals surface area contributed by atoms with Crippen molar-refractivity contribution in [3.63, 3.8) is 0 Å². The highest BCUT2D eigenvalue weighted by Gasteiger charge is 2.13. The Morgan fingerprint density at radius 3 is 2.21 bits per heavy atom. The molecule has 0 spiro atoms. The van der Waals surface area contributed by atoms with Gasteiger partial charge in [-0.1, -0.05) is 28.1 Å². The first-order chi connectivity index (χ1) is 11.5. The third-order valence-electron chi connectivity index (χ3n) is 3.14. The number of rotatable bonds is 4. The van der Waals surface area contributed by atoms with Crippen LogP contribution in [0.15, 0.2) is 58.1 Å². The molecule has 2 aromatic rings. The molecule has 0 fully saturated rings. The standard InChI is InChI=1S/C17H16BrN3O3/c1-11(12-3-5-13(18)6-4-12)20-21-17(23)16(22)19-14-7-9-15(24-2)10-8-14/h3-10H,1-2H3,(H,19,22)(H,21,23)/b20-11+. The Morgan fingerprint density at radius 2 is 1.62 bits per heavy atom. The number of hydrogen-bond acceptors (Lipinski definition) is 4. The van der Waals surface area contributed by atoms with Crippen molar-refractivity contribution in [2.75, 3.05) is 12.4 Å². The molecule has 2 N–H and O–H groups in total. The summed E-state index contributed by atoms with van der Waals surface area (Å²) in [5.74, 6) is -0.984. The predicted octanol–water partition coefficient (Wildman–Crippen LogP) is 2.94. The number of methoxy groups -OCH3 is 1. The fourth-order valence-corrected chi connectivity index (χ4v) is 2.07. The molecule has 2 aromatic carbocycles. The van der Waals surface area contributed by atoms with Gasteiger partial charge in [0, 0.05) is 10.2 Å². The quantitative estimate of drug-likeness (QED) is 0.479. The number of hydrogen-bond donors (Lipinski definition) is 2. The van der Waals surface area contributed by atoms with Crippen LogP contribution in [0.4, 0.5) is 5.69 Å². The molecule has 0 unspecified atom stereocenters. The van der Waals surface area contributed by atoms with Crippen LogP contribution in [0.5, 0.6) is 5.75 Å². The van der Waals surface area contributed by atoms with Crippen LogP contribution in [0.1, 0.15) is 12.5 Å². The van der Waals surface area contributed by atoms with E-state index in [0.29, 0.717) is 17.1 Å². The lowest BCUT2D eigenvalue weighted by molar-refractivity contribution is -0.136. The van der Waals surface area contributed by atoms with E-state index in [-0.39, 0.29) is 0 Å². The van der Waals surface area contributed by atoms with Gasteiger partial charge in [-0.05, 0) is 48.9 Å². The van der Waals surface area contributed by atoms with Crippen LogP contribution in [-0.2, 0) is 9.59 Å². The highest BCUT2D eigenvalue weighted by molar-refractivity contribution is 9.10. The molecular formula is C17H16BrN3O3. The van der Waals surface area contributed by atoms with Crippen LogP contribution in [0.25, 0.3) is 0 Å². The number of carbonyl (C=O) groups excluding carboxylic acids is 2. The summed E-state index contributed by atoms with van der Waals surface area (Å²) in [6.07, 6.45) is 0. The van der Waals surface area contributed by atoms with E-state index in [1.54, 1.807) is 38.3 Å². The van der Waals surface area contributed by atoms with Crippen LogP contribution in [-0.4, -0.2) is 24.6 Å². The summed E-state index contributed by atoms with van der Waals surface area (Å²) in [7, 11) is 1.55. The van der Waals surface area contributed by atoms with Crippen LogP contribution >= 0.6 is 15.9 Å². The maximum Gasteiger partial charge on any atom is 0.329 e. The molecule has 0 aliphatic carbocycles. The first kappa shape index (κ1) is 17.7. The van der Waals surface area contributed by atoms with Gasteiger partial charge in [-0.2, -0.15) is 5.10 Å². The number of halogens is 1. The number of amides is 2. The summed E-state index contributed by atoms with van der Waals surface area (Å²) in [4.78, 5) is 23.6. The first-order valence-corrected chi connectivity index (χ1v) is 7.84. The number of ether oxygens (including phenoxy) is 1. The van der Waals surface area contributed by atoms with Crippen molar-refractivity contribution in [2.24, 2.45) is 5.10 Å². The van der Waals surface area contributed by atoms with Crippen LogP contribution in [0, 0.1) is 0 Å². The highest BCUT2D eigenvalue weighted by Crippen LogP contribution is 2.14. The minimum atomic E-state index is -0.845. The van der Waals surface area contributed by atoms with Gasteiger partial charge in [-0.15, -0.1) is 0 Å². The minimum absolute atomic E-state index is 0.490. The monoisotopic (exact) mass is 389 g/mol. The normalized spacial score (nSPS) is 10.9. The largest absolute Gasteiger partial charge is 0.497 e. The van der Waals surface area contributed by atoms with Gasteiger partial charge in [0.15, 0.2) is 0 Å². The van der Waals surface area contributed by atoms with Crippen molar-refractivity contribution in [1.29, 1.82) is 0 Å². The van der Waals surface area contributed by atoms with E-state index in [1.807, 2.05) is 24.3 Å². The van der Waals surface area contributed by atoms with Gasteiger partial charge in [0.1, 0.15) is 5.75 Å². The molecule has 0 saturated carbocycles. The van der Waals surface area contributed by atoms with Gasteiger partial charge in [0.25, 0.3) is 0 Å². The summed E-state index contributed by atoms with van der Waals surface area (Å²) < 4.78 is 5.97. The Balaban J connectivity index is 1.94. The van der Waals surface area contributed by atoms with Gasteiger partial charge in [-0.3, -0.25) is 9.59 Å². The molecule has 0 radical (unpaired) electrons. The van der Waals surface area contributed by atoms with E-state index in [4.69, 9.17) is 4.74 Å². The second kappa shape index (κ2) is 8.26. The topological polar surface area (TPSA) is 79.8 Å². The zero-order chi connectivity index (χ0) is 17.5. The van der Waals surface area contributed by atoms with E-state index in [0.717, 1.165) is 10.0 Å². The molecule has 0 aliphatic heterocycles. The highest BCUT2D eigenvalue weighted by atomic mass is 79.9. The number of nitrogens with one attached hydrogen (secondary N) is 2. The molecule has 0 bridgehead atoms. The van der Waals surface area contributed by atoms with Gasteiger partial charge >= 0.3 is 11.8 Å². The molecule has 6 nitrogen and oxygen atoms in total. The smallest absolute Gasteiger partial charge is 0.329 e. The van der Waals surface area contributed by atoms with Gasteiger partial charge < -0.3 is 10.1 Å². The lowest BCUT2D eigenvalue weighted by Gasteiger charge is -2.06. The average molecular weight is 390 g/mol. The average Bonchev–Trinajstić information content (AvgIpc) is 2.60. The fourth-order valence-electron chi connectivity index (χ4n) is 1.80. The number of anilines is 1. The number of benzene rings is 2. The zero-order valence-electron chi connectivity index (χ0n) is 13.2. The molecule has 2 amide bonds. The lowest BCUT2D eigenvalue weighted by atomic mass is 10.1. The van der Waals surface area contributed by atoms with Gasteiger partial charge in [0.2, 0.25) is 0 Å². The lowest BCUT2D eigenvalue weighted by Crippen LogP contribution is -2.32. The Kier molecular flexibility index (Phi) is 6.08. The second-order valence-electron chi connectivity index (χ2n) is 4.83. The summed E-state index contributed by atoms with van der Waals surface area (Å²) in [6.45, 7) is 1.74. The molecule has 124 valence electrons. The maximum atomic E-state index is 11.8. The Labute approximate surface area is 148 Å². The number of carbonyl (C=O) groups is 2. The molecule has 24 heavy (non-hydrogen) atoms. The SMILES string of the molecule is COc1ccc(NC(=O)C(=O)N/N=C(\C)c2ccc(Br)cc2)cc1. The van der Waals surface area contributed by atoms with Crippen LogP contribution in [0.3, 0.4) is 0 Å². The van der Waals surface area contributed by atoms with E-state index >= 15 is 0 Å². The van der Waals surface area contributed by atoms with Crippen molar-refractivity contribution in [2.45, 2.75) is 6.92 Å². The van der Waals surface area contributed by atoms with Crippen molar-refractivity contribution in [3.8, 4) is 5.75 Å². The predicted molar refractivity (Wildman–Crippen MR) is 96.1 cm³/mol. The van der Waals surface area contributed by atoms with E-state index < -0.39 is 11.8 Å². The van der Waals surface area contributed by atoms with Crippen molar-refractivity contribution in [3.05, 3.63) is 58.6 Å². The Hall–Kier alpha value is -2.67. The zero-order valence-corrected chi connectivity index (χ0v) is 14.8. The molecule has 0 saturated heterocycles. The molecule has 0 heterocycles. The second-order valence-corrected chi connectivity index (χ2v) is 5.74. The third-order valence-corrected chi connectivity index (χ3v) is 3.67. The van der Waals surface area contributed by atoms with Crippen LogP contribution in [0.2, 0.25) is 0 Å². The van der Waals surface area contributed by atoms with E-state index in [1.165, 1.54) is 0 Å². The van der Waals surface area contributed by atoms with E-state index in [2.05, 4.69) is 31.8 Å². The van der Waals surface area contributed by atoms with Gasteiger partial charge in [-0.25, -0.2) is 5.43 Å². The third kappa shape index (κ3) is 4.92. The van der Waals surface area contributed by atoms with E-state index in [9.17, 15) is 9.59 Å². The summed E-state index contributed by atoms with van der Waals surface area (Å²) in [5, 5.41) is 6.42. The number of hydrazone groups is 1. The number of nitrogens with zero attached hydrogens (tertiary/aromatic N) is 1. The Morgan fingerprint density at radius 1 is 1.00 bits per heavy atom. The first-order valence-electron chi connectivity index (χ1n) is 7.05. The molecule has 2 rings (SSSR count). The fraction of sp³-hybridized carbons (Fsp3) is 0.118. The van der Waals surface area contributed by atoms with Crippen LogP contribution < -0.4 is 15.5 Å². The van der Waals surface area contributed by atoms with Crippen molar-refractivity contribution < 1.29 is 14.3 Å². The summed E-state index contributed by atoms with van der Waals surface area (Å²) in [6, 6.07) is 14.1. The summed E-state index contributed by atoms with van der Waals surface area (Å²) in [5.41, 5.74) is 4.16. The van der Waals surface area contributed by atoms with Crippen molar-refractivity contribution >= 4 is 39.1 Å².